The highest BCUT2D eigenvalue weighted by molar-refractivity contribution is 5.76. The van der Waals surface area contributed by atoms with Crippen molar-refractivity contribution in [1.29, 1.82) is 0 Å². The predicted molar refractivity (Wildman–Crippen MR) is 89.6 cm³/mol. The molecular formula is C17H22N4O3. The predicted octanol–water partition coefficient (Wildman–Crippen LogP) is 1.15. The molecule has 0 saturated carbocycles. The highest BCUT2D eigenvalue weighted by Gasteiger charge is 2.16. The zero-order valence-electron chi connectivity index (χ0n) is 14.2. The van der Waals surface area contributed by atoms with Crippen molar-refractivity contribution in [2.24, 2.45) is 0 Å². The largest absolute Gasteiger partial charge is 0.382 e. The molecule has 2 rings (SSSR count). The highest BCUT2D eigenvalue weighted by Crippen LogP contribution is 2.10. The number of amides is 1. The van der Waals surface area contributed by atoms with Crippen LogP contribution in [0.4, 0.5) is 0 Å². The van der Waals surface area contributed by atoms with E-state index in [1.165, 1.54) is 4.57 Å². The number of aromatic nitrogens is 3. The van der Waals surface area contributed by atoms with E-state index >= 15 is 0 Å². The molecule has 0 radical (unpaired) electrons. The summed E-state index contributed by atoms with van der Waals surface area (Å²) >= 11 is 0. The number of rotatable bonds is 7. The lowest BCUT2D eigenvalue weighted by Crippen LogP contribution is -2.34. The molecule has 0 aliphatic rings. The van der Waals surface area contributed by atoms with Gasteiger partial charge in [0.25, 0.3) is 0 Å². The van der Waals surface area contributed by atoms with Crippen LogP contribution in [0, 0.1) is 13.8 Å². The molecule has 7 nitrogen and oxygen atoms in total. The van der Waals surface area contributed by atoms with Gasteiger partial charge >= 0.3 is 5.69 Å². The summed E-state index contributed by atoms with van der Waals surface area (Å²) in [6.45, 7) is 4.21. The molecule has 2 heterocycles. The molecule has 24 heavy (non-hydrogen) atoms. The highest BCUT2D eigenvalue weighted by atomic mass is 16.5. The maximum absolute atomic E-state index is 12.2. The molecule has 1 N–H and O–H groups in total. The number of carbonyl (C=O) groups excluding carboxylic acids is 1. The van der Waals surface area contributed by atoms with E-state index in [2.05, 4.69) is 15.3 Å². The number of hydrogen-bond acceptors (Lipinski definition) is 5. The van der Waals surface area contributed by atoms with E-state index in [1.807, 2.05) is 31.2 Å². The molecule has 0 fully saturated rings. The number of methoxy groups -OCH3 is 1. The van der Waals surface area contributed by atoms with Crippen LogP contribution in [0.25, 0.3) is 0 Å². The molecule has 0 aliphatic heterocycles. The minimum Gasteiger partial charge on any atom is -0.382 e. The molecule has 0 bridgehead atoms. The van der Waals surface area contributed by atoms with Crippen LogP contribution in [0.1, 0.15) is 29.5 Å². The second kappa shape index (κ2) is 8.35. The van der Waals surface area contributed by atoms with Crippen LogP contribution in [0.2, 0.25) is 0 Å². The van der Waals surface area contributed by atoms with Gasteiger partial charge in [0.15, 0.2) is 0 Å². The Kier molecular flexibility index (Phi) is 6.20. The Bertz CT molecular complexity index is 743. The fraction of sp³-hybridized carbons (Fsp3) is 0.412. The maximum Gasteiger partial charge on any atom is 0.347 e. The molecule has 0 spiro atoms. The molecule has 0 unspecified atom stereocenters. The zero-order chi connectivity index (χ0) is 17.5. The van der Waals surface area contributed by atoms with Crippen LogP contribution in [-0.4, -0.2) is 34.2 Å². The lowest BCUT2D eigenvalue weighted by atomic mass is 10.2. The zero-order valence-corrected chi connectivity index (χ0v) is 14.2. The Hall–Kier alpha value is -2.54. The van der Waals surface area contributed by atoms with Crippen LogP contribution in [0.3, 0.4) is 0 Å². The average molecular weight is 330 g/mol. The first-order valence-electron chi connectivity index (χ1n) is 7.75. The molecule has 0 aliphatic carbocycles. The van der Waals surface area contributed by atoms with Crippen LogP contribution in [0.15, 0.2) is 35.3 Å². The SMILES string of the molecule is COC[C@H](NC(=O)CCn1c(C)cc(C)nc1=O)c1ccccn1. The normalized spacial score (nSPS) is 12.0. The molecule has 1 amide bonds. The van der Waals surface area contributed by atoms with Crippen molar-refractivity contribution in [2.75, 3.05) is 13.7 Å². The monoisotopic (exact) mass is 330 g/mol. The van der Waals surface area contributed by atoms with Gasteiger partial charge in [0.1, 0.15) is 0 Å². The van der Waals surface area contributed by atoms with Gasteiger partial charge in [-0.1, -0.05) is 6.07 Å². The topological polar surface area (TPSA) is 86.1 Å². The summed E-state index contributed by atoms with van der Waals surface area (Å²) in [7, 11) is 1.57. The van der Waals surface area contributed by atoms with Gasteiger partial charge in [0.2, 0.25) is 5.91 Å². The Labute approximate surface area is 140 Å². The molecule has 0 saturated heterocycles. The summed E-state index contributed by atoms with van der Waals surface area (Å²) in [6, 6.07) is 7.01. The van der Waals surface area contributed by atoms with E-state index in [0.717, 1.165) is 11.4 Å². The fourth-order valence-corrected chi connectivity index (χ4v) is 2.48. The second-order valence-corrected chi connectivity index (χ2v) is 5.55. The number of hydrogen-bond donors (Lipinski definition) is 1. The number of nitrogens with one attached hydrogen (secondary N) is 1. The van der Waals surface area contributed by atoms with Gasteiger partial charge in [-0.3, -0.25) is 14.3 Å². The third-order valence-corrected chi connectivity index (χ3v) is 3.62. The van der Waals surface area contributed by atoms with Crippen molar-refractivity contribution < 1.29 is 9.53 Å². The Morgan fingerprint density at radius 3 is 2.79 bits per heavy atom. The van der Waals surface area contributed by atoms with Crippen molar-refractivity contribution in [3.63, 3.8) is 0 Å². The fourth-order valence-electron chi connectivity index (χ4n) is 2.48. The summed E-state index contributed by atoms with van der Waals surface area (Å²) < 4.78 is 6.65. The van der Waals surface area contributed by atoms with Crippen molar-refractivity contribution in [2.45, 2.75) is 32.9 Å². The van der Waals surface area contributed by atoms with Crippen LogP contribution in [-0.2, 0) is 16.1 Å². The lowest BCUT2D eigenvalue weighted by molar-refractivity contribution is -0.122. The third-order valence-electron chi connectivity index (χ3n) is 3.62. The number of pyridine rings is 1. The van der Waals surface area contributed by atoms with E-state index in [-0.39, 0.29) is 30.6 Å². The molecule has 0 aromatic carbocycles. The number of ether oxygens (including phenoxy) is 1. The van der Waals surface area contributed by atoms with Crippen molar-refractivity contribution in [1.82, 2.24) is 19.9 Å². The summed E-state index contributed by atoms with van der Waals surface area (Å²) in [4.78, 5) is 32.3. The summed E-state index contributed by atoms with van der Waals surface area (Å²) in [5.41, 5.74) is 1.86. The minimum absolute atomic E-state index is 0.172. The van der Waals surface area contributed by atoms with Gasteiger partial charge in [0.05, 0.1) is 18.3 Å². The molecular weight excluding hydrogens is 308 g/mol. The second-order valence-electron chi connectivity index (χ2n) is 5.55. The van der Waals surface area contributed by atoms with Crippen LogP contribution < -0.4 is 11.0 Å². The van der Waals surface area contributed by atoms with Crippen LogP contribution >= 0.6 is 0 Å². The lowest BCUT2D eigenvalue weighted by Gasteiger charge is -2.18. The number of nitrogens with zero attached hydrogens (tertiary/aromatic N) is 3. The molecule has 128 valence electrons. The standard InChI is InChI=1S/C17H22N4O3/c1-12-10-13(2)21(17(23)19-12)9-7-16(22)20-15(11-24-3)14-6-4-5-8-18-14/h4-6,8,10,15H,7,9,11H2,1-3H3,(H,20,22)/t15-/m0/s1. The van der Waals surface area contributed by atoms with Crippen molar-refractivity contribution >= 4 is 5.91 Å². The Morgan fingerprint density at radius 1 is 1.38 bits per heavy atom. The van der Waals surface area contributed by atoms with E-state index < -0.39 is 0 Å². The van der Waals surface area contributed by atoms with E-state index in [4.69, 9.17) is 4.74 Å². The maximum atomic E-state index is 12.2. The molecule has 7 heteroatoms. The smallest absolute Gasteiger partial charge is 0.347 e. The van der Waals surface area contributed by atoms with Gasteiger partial charge in [-0.25, -0.2) is 4.79 Å². The van der Waals surface area contributed by atoms with Gasteiger partial charge in [-0.2, -0.15) is 4.98 Å². The van der Waals surface area contributed by atoms with E-state index in [9.17, 15) is 9.59 Å². The first-order valence-corrected chi connectivity index (χ1v) is 7.75. The Balaban J connectivity index is 2.01. The summed E-state index contributed by atoms with van der Waals surface area (Å²) in [6.07, 6.45) is 1.85. The molecule has 2 aromatic heterocycles. The van der Waals surface area contributed by atoms with Crippen LogP contribution in [0.5, 0.6) is 0 Å². The average Bonchev–Trinajstić information content (AvgIpc) is 2.54. The first-order chi connectivity index (χ1) is 11.5. The van der Waals surface area contributed by atoms with E-state index in [1.54, 1.807) is 20.2 Å². The number of carbonyl (C=O) groups is 1. The van der Waals surface area contributed by atoms with E-state index in [0.29, 0.717) is 12.3 Å². The van der Waals surface area contributed by atoms with Gasteiger partial charge < -0.3 is 10.1 Å². The van der Waals surface area contributed by atoms with Crippen molar-refractivity contribution in [3.8, 4) is 0 Å². The summed E-state index contributed by atoms with van der Waals surface area (Å²) in [5, 5.41) is 2.89. The third kappa shape index (κ3) is 4.73. The summed E-state index contributed by atoms with van der Waals surface area (Å²) in [5.74, 6) is -0.172. The Morgan fingerprint density at radius 2 is 2.17 bits per heavy atom. The molecule has 2 aromatic rings. The minimum atomic E-state index is -0.335. The van der Waals surface area contributed by atoms with Crippen molar-refractivity contribution in [3.05, 3.63) is 58.0 Å². The quantitative estimate of drug-likeness (QED) is 0.823. The molecule has 1 atom stereocenters. The van der Waals surface area contributed by atoms with Gasteiger partial charge in [-0.15, -0.1) is 0 Å². The van der Waals surface area contributed by atoms with Gasteiger partial charge in [-0.05, 0) is 32.0 Å². The first kappa shape index (κ1) is 17.8. The number of aryl methyl sites for hydroxylation is 2. The van der Waals surface area contributed by atoms with Gasteiger partial charge in [0, 0.05) is 37.7 Å².